The molecule has 0 saturated carbocycles. The van der Waals surface area contributed by atoms with Gasteiger partial charge in [-0.05, 0) is 12.8 Å². The lowest BCUT2D eigenvalue weighted by molar-refractivity contribution is -0.119. The predicted molar refractivity (Wildman–Crippen MR) is 101 cm³/mol. The first-order chi connectivity index (χ1) is 13.8. The monoisotopic (exact) mass is 413 g/mol. The van der Waals surface area contributed by atoms with Gasteiger partial charge in [0.05, 0.1) is 37.5 Å². The molecule has 2 saturated heterocycles. The number of nitrogens with one attached hydrogen (secondary N) is 1. The Labute approximate surface area is 167 Å². The number of carbonyl (C=O) groups excluding carboxylic acids is 2. The average molecular weight is 413 g/mol. The molecule has 0 bridgehead atoms. The van der Waals surface area contributed by atoms with Crippen molar-refractivity contribution < 1.29 is 33.0 Å². The third-order valence-electron chi connectivity index (χ3n) is 5.10. The molecule has 1 aromatic rings. The highest BCUT2D eigenvalue weighted by molar-refractivity contribution is 5.90. The zero-order valence-corrected chi connectivity index (χ0v) is 16.4. The summed E-state index contributed by atoms with van der Waals surface area (Å²) < 4.78 is 40.1. The van der Waals surface area contributed by atoms with E-state index in [1.165, 1.54) is 14.0 Å². The van der Waals surface area contributed by atoms with Gasteiger partial charge >= 0.3 is 6.09 Å². The maximum atomic E-state index is 14.9. The van der Waals surface area contributed by atoms with Crippen molar-refractivity contribution in [2.75, 3.05) is 43.2 Å². The Balaban J connectivity index is 1.80. The maximum absolute atomic E-state index is 14.9. The third kappa shape index (κ3) is 4.76. The molecule has 2 heterocycles. The summed E-state index contributed by atoms with van der Waals surface area (Å²) in [5.74, 6) is -1.88. The highest BCUT2D eigenvalue weighted by Crippen LogP contribution is 2.34. The largest absolute Gasteiger partial charge is 0.442 e. The number of ether oxygens (including phenoxy) is 2. The fourth-order valence-corrected chi connectivity index (χ4v) is 3.75. The fourth-order valence-electron chi connectivity index (χ4n) is 3.75. The van der Waals surface area contributed by atoms with Crippen LogP contribution in [0.4, 0.5) is 25.0 Å². The first-order valence-electron chi connectivity index (χ1n) is 9.45. The minimum absolute atomic E-state index is 0.0411. The van der Waals surface area contributed by atoms with Crippen LogP contribution in [-0.4, -0.2) is 68.7 Å². The lowest BCUT2D eigenvalue weighted by Gasteiger charge is -2.39. The van der Waals surface area contributed by atoms with E-state index in [1.54, 1.807) is 4.90 Å². The molecule has 3 unspecified atom stereocenters. The van der Waals surface area contributed by atoms with Crippen LogP contribution in [0.2, 0.25) is 0 Å². The molecule has 2 aliphatic heterocycles. The van der Waals surface area contributed by atoms with Crippen molar-refractivity contribution in [3.05, 3.63) is 23.8 Å². The molecular weight excluding hydrogens is 388 g/mol. The normalized spacial score (nSPS) is 24.6. The molecule has 2 aliphatic rings. The minimum atomic E-state index is -0.810. The Morgan fingerprint density at radius 1 is 1.38 bits per heavy atom. The molecule has 160 valence electrons. The van der Waals surface area contributed by atoms with Crippen LogP contribution in [0, 0.1) is 11.6 Å². The molecule has 0 aliphatic carbocycles. The minimum Gasteiger partial charge on any atom is -0.442 e. The van der Waals surface area contributed by atoms with Gasteiger partial charge in [-0.25, -0.2) is 13.6 Å². The number of aliphatic hydroxyl groups is 1. The Morgan fingerprint density at radius 2 is 2.07 bits per heavy atom. The summed E-state index contributed by atoms with van der Waals surface area (Å²) in [4.78, 5) is 25.8. The van der Waals surface area contributed by atoms with Crippen LogP contribution in [0.25, 0.3) is 0 Å². The van der Waals surface area contributed by atoms with Gasteiger partial charge in [0.2, 0.25) is 5.91 Å². The number of benzene rings is 1. The third-order valence-corrected chi connectivity index (χ3v) is 5.10. The number of piperidine rings is 1. The van der Waals surface area contributed by atoms with Crippen LogP contribution in [0.5, 0.6) is 0 Å². The van der Waals surface area contributed by atoms with Crippen molar-refractivity contribution in [1.82, 2.24) is 5.32 Å². The fraction of sp³-hybridized carbons (Fsp3) is 0.579. The number of halogens is 2. The predicted octanol–water partition coefficient (Wildman–Crippen LogP) is 1.40. The number of amides is 2. The maximum Gasteiger partial charge on any atom is 0.414 e. The van der Waals surface area contributed by atoms with Gasteiger partial charge in [0.15, 0.2) is 11.6 Å². The number of cyclic esters (lactones) is 1. The second kappa shape index (κ2) is 8.91. The van der Waals surface area contributed by atoms with E-state index in [4.69, 9.17) is 9.47 Å². The summed E-state index contributed by atoms with van der Waals surface area (Å²) in [5, 5.41) is 12.4. The summed E-state index contributed by atoms with van der Waals surface area (Å²) >= 11 is 0. The lowest BCUT2D eigenvalue weighted by atomic mass is 9.98. The Bertz CT molecular complexity index is 755. The number of carbonyl (C=O) groups is 2. The number of anilines is 2. The summed E-state index contributed by atoms with van der Waals surface area (Å²) in [6.45, 7) is 2.04. The molecule has 10 heteroatoms. The summed E-state index contributed by atoms with van der Waals surface area (Å²) in [7, 11) is 1.49. The van der Waals surface area contributed by atoms with Crippen LogP contribution in [-0.2, 0) is 14.3 Å². The average Bonchev–Trinajstić information content (AvgIpc) is 3.02. The standard InChI is InChI=1S/C19H25F2N3O5/c1-11(25)22-8-15-9-24(19(27)29-15)12-6-16(20)18(17(21)7-12)23-4-3-14(26)5-13(23)10-28-2/h6-7,13-15,26H,3-5,8-10H2,1-2H3,(H,22,25). The van der Waals surface area contributed by atoms with Crippen molar-refractivity contribution in [3.8, 4) is 0 Å². The van der Waals surface area contributed by atoms with Crippen LogP contribution >= 0.6 is 0 Å². The van der Waals surface area contributed by atoms with Gasteiger partial charge in [-0.1, -0.05) is 0 Å². The van der Waals surface area contributed by atoms with Gasteiger partial charge in [-0.2, -0.15) is 0 Å². The molecule has 29 heavy (non-hydrogen) atoms. The van der Waals surface area contributed by atoms with Crippen molar-refractivity contribution in [3.63, 3.8) is 0 Å². The first kappa shape index (κ1) is 21.3. The summed E-state index contributed by atoms with van der Waals surface area (Å²) in [6.07, 6.45) is -1.14. The number of aliphatic hydroxyl groups excluding tert-OH is 1. The lowest BCUT2D eigenvalue weighted by Crippen LogP contribution is -2.47. The van der Waals surface area contributed by atoms with Gasteiger partial charge in [-0.3, -0.25) is 9.69 Å². The quantitative estimate of drug-likeness (QED) is 0.733. The number of hydrogen-bond acceptors (Lipinski definition) is 6. The van der Waals surface area contributed by atoms with Gasteiger partial charge in [0.1, 0.15) is 11.8 Å². The van der Waals surface area contributed by atoms with E-state index in [-0.39, 0.29) is 49.6 Å². The number of rotatable bonds is 6. The van der Waals surface area contributed by atoms with Crippen molar-refractivity contribution in [1.29, 1.82) is 0 Å². The molecule has 0 spiro atoms. The highest BCUT2D eigenvalue weighted by atomic mass is 19.1. The molecule has 2 amide bonds. The van der Waals surface area contributed by atoms with E-state index in [0.717, 1.165) is 17.0 Å². The number of hydrogen-bond donors (Lipinski definition) is 2. The topological polar surface area (TPSA) is 91.3 Å². The Morgan fingerprint density at radius 3 is 2.69 bits per heavy atom. The van der Waals surface area contributed by atoms with E-state index in [9.17, 15) is 23.5 Å². The van der Waals surface area contributed by atoms with Crippen molar-refractivity contribution in [2.45, 2.75) is 38.0 Å². The molecule has 0 aromatic heterocycles. The molecule has 8 nitrogen and oxygen atoms in total. The van der Waals surface area contributed by atoms with E-state index < -0.39 is 29.9 Å². The van der Waals surface area contributed by atoms with Crippen molar-refractivity contribution in [2.24, 2.45) is 0 Å². The van der Waals surface area contributed by atoms with E-state index in [1.807, 2.05) is 0 Å². The number of methoxy groups -OCH3 is 1. The molecule has 0 radical (unpaired) electrons. The molecule has 2 N–H and O–H groups in total. The van der Waals surface area contributed by atoms with E-state index in [2.05, 4.69) is 5.32 Å². The van der Waals surface area contributed by atoms with Crippen molar-refractivity contribution >= 4 is 23.4 Å². The van der Waals surface area contributed by atoms with Gasteiger partial charge in [0.25, 0.3) is 0 Å². The molecule has 3 rings (SSSR count). The SMILES string of the molecule is COCC1CC(O)CCN1c1c(F)cc(N2CC(CNC(C)=O)OC2=O)cc1F. The zero-order chi connectivity index (χ0) is 21.1. The van der Waals surface area contributed by atoms with Crippen LogP contribution < -0.4 is 15.1 Å². The molecule has 2 fully saturated rings. The first-order valence-corrected chi connectivity index (χ1v) is 9.45. The second-order valence-corrected chi connectivity index (χ2v) is 7.29. The molecule has 3 atom stereocenters. The van der Waals surface area contributed by atoms with Crippen LogP contribution in [0.3, 0.4) is 0 Å². The van der Waals surface area contributed by atoms with E-state index in [0.29, 0.717) is 12.8 Å². The van der Waals surface area contributed by atoms with Crippen LogP contribution in [0.15, 0.2) is 12.1 Å². The Kier molecular flexibility index (Phi) is 6.53. The number of nitrogens with zero attached hydrogens (tertiary/aromatic N) is 2. The van der Waals surface area contributed by atoms with Crippen LogP contribution in [0.1, 0.15) is 19.8 Å². The smallest absolute Gasteiger partial charge is 0.414 e. The zero-order valence-electron chi connectivity index (χ0n) is 16.4. The molecular formula is C19H25F2N3O5. The summed E-state index contributed by atoms with van der Waals surface area (Å²) in [5.41, 5.74) is -0.163. The molecule has 1 aromatic carbocycles. The highest BCUT2D eigenvalue weighted by Gasteiger charge is 2.35. The summed E-state index contributed by atoms with van der Waals surface area (Å²) in [6, 6.07) is 1.82. The van der Waals surface area contributed by atoms with E-state index >= 15 is 0 Å². The van der Waals surface area contributed by atoms with Gasteiger partial charge in [-0.15, -0.1) is 0 Å². The van der Waals surface area contributed by atoms with Gasteiger partial charge < -0.3 is 24.8 Å². The Hall–Kier alpha value is -2.46. The second-order valence-electron chi connectivity index (χ2n) is 7.29. The van der Waals surface area contributed by atoms with Gasteiger partial charge in [0, 0.05) is 32.7 Å².